The van der Waals surface area contributed by atoms with Crippen molar-refractivity contribution in [3.63, 3.8) is 0 Å². The summed E-state index contributed by atoms with van der Waals surface area (Å²) in [7, 11) is 3.17. The highest BCUT2D eigenvalue weighted by molar-refractivity contribution is 7.99. The van der Waals surface area contributed by atoms with Gasteiger partial charge in [-0.3, -0.25) is 9.36 Å². The lowest BCUT2D eigenvalue weighted by molar-refractivity contribution is -0.118. The van der Waals surface area contributed by atoms with E-state index in [0.717, 1.165) is 16.8 Å². The van der Waals surface area contributed by atoms with Gasteiger partial charge in [-0.15, -0.1) is 10.2 Å². The first-order valence-electron chi connectivity index (χ1n) is 11.5. The highest BCUT2D eigenvalue weighted by Gasteiger charge is 2.19. The summed E-state index contributed by atoms with van der Waals surface area (Å²) in [5, 5.41) is 23.1. The van der Waals surface area contributed by atoms with Gasteiger partial charge in [0.1, 0.15) is 5.75 Å². The van der Waals surface area contributed by atoms with E-state index < -0.39 is 0 Å². The van der Waals surface area contributed by atoms with Gasteiger partial charge in [-0.2, -0.15) is 5.10 Å². The molecule has 4 aromatic rings. The Morgan fingerprint density at radius 2 is 1.73 bits per heavy atom. The number of ether oxygens (including phenoxy) is 2. The Morgan fingerprint density at radius 3 is 2.41 bits per heavy atom. The largest absolute Gasteiger partial charge is 0.508 e. The van der Waals surface area contributed by atoms with Crippen LogP contribution in [-0.2, 0) is 4.79 Å². The van der Waals surface area contributed by atoms with Crippen molar-refractivity contribution in [1.29, 1.82) is 0 Å². The van der Waals surface area contributed by atoms with E-state index in [1.54, 1.807) is 38.5 Å². The van der Waals surface area contributed by atoms with Crippen molar-refractivity contribution in [2.45, 2.75) is 18.5 Å². The van der Waals surface area contributed by atoms with Crippen LogP contribution in [0.25, 0.3) is 17.1 Å². The van der Waals surface area contributed by atoms with E-state index >= 15 is 0 Å². The molecule has 37 heavy (non-hydrogen) atoms. The van der Waals surface area contributed by atoms with Crippen LogP contribution < -0.4 is 14.9 Å². The number of benzene rings is 3. The van der Waals surface area contributed by atoms with Crippen molar-refractivity contribution in [3.8, 4) is 34.3 Å². The standard InChI is InChI=1S/C27H27N5O4S/c1-4-22(18-10-13-21(33)14-11-18)28-29-25(34)17-37-27-31-30-26(32(27)20-8-6-5-7-9-20)19-12-15-23(35-2)24(16-19)36-3/h5-16,33H,4,17H2,1-3H3,(H,29,34)/b28-22+. The number of nitrogens with zero attached hydrogens (tertiary/aromatic N) is 4. The number of hydrogen-bond acceptors (Lipinski definition) is 8. The summed E-state index contributed by atoms with van der Waals surface area (Å²) in [6.45, 7) is 1.95. The molecule has 0 aliphatic rings. The zero-order chi connectivity index (χ0) is 26.2. The number of hydrazone groups is 1. The molecule has 0 aliphatic heterocycles. The van der Waals surface area contributed by atoms with Gasteiger partial charge in [-0.1, -0.05) is 36.9 Å². The number of amides is 1. The fourth-order valence-corrected chi connectivity index (χ4v) is 4.37. The summed E-state index contributed by atoms with van der Waals surface area (Å²) < 4.78 is 12.7. The third-order valence-corrected chi connectivity index (χ3v) is 6.40. The smallest absolute Gasteiger partial charge is 0.250 e. The van der Waals surface area contributed by atoms with E-state index in [-0.39, 0.29) is 17.4 Å². The molecule has 3 aromatic carbocycles. The fourth-order valence-electron chi connectivity index (χ4n) is 3.63. The number of phenols is 1. The zero-order valence-electron chi connectivity index (χ0n) is 20.7. The second-order valence-electron chi connectivity index (χ2n) is 7.83. The van der Waals surface area contributed by atoms with E-state index in [1.165, 1.54) is 11.8 Å². The molecule has 0 aliphatic carbocycles. The van der Waals surface area contributed by atoms with Crippen LogP contribution >= 0.6 is 11.8 Å². The number of thioether (sulfide) groups is 1. The molecule has 0 atom stereocenters. The molecule has 9 nitrogen and oxygen atoms in total. The molecule has 0 bridgehead atoms. The Kier molecular flexibility index (Phi) is 8.42. The Balaban J connectivity index is 1.56. The summed E-state index contributed by atoms with van der Waals surface area (Å²) in [5.74, 6) is 1.79. The maximum Gasteiger partial charge on any atom is 0.250 e. The molecule has 1 heterocycles. The van der Waals surface area contributed by atoms with Crippen LogP contribution in [0.3, 0.4) is 0 Å². The molecule has 0 saturated heterocycles. The molecular weight excluding hydrogens is 490 g/mol. The van der Waals surface area contributed by atoms with E-state index in [0.29, 0.717) is 34.6 Å². The van der Waals surface area contributed by atoms with E-state index in [2.05, 4.69) is 20.7 Å². The van der Waals surface area contributed by atoms with Crippen LogP contribution in [-0.4, -0.2) is 51.5 Å². The van der Waals surface area contributed by atoms with Gasteiger partial charge in [0.25, 0.3) is 5.91 Å². The van der Waals surface area contributed by atoms with Gasteiger partial charge in [-0.25, -0.2) is 5.43 Å². The third kappa shape index (κ3) is 6.10. The second kappa shape index (κ2) is 12.1. The number of rotatable bonds is 10. The molecule has 1 aromatic heterocycles. The minimum atomic E-state index is -0.273. The van der Waals surface area contributed by atoms with Crippen molar-refractivity contribution < 1.29 is 19.4 Å². The Labute approximate surface area is 219 Å². The maximum absolute atomic E-state index is 12.6. The zero-order valence-corrected chi connectivity index (χ0v) is 21.5. The molecule has 0 unspecified atom stereocenters. The number of carbonyl (C=O) groups is 1. The van der Waals surface area contributed by atoms with E-state index in [1.807, 2.05) is 60.0 Å². The number of aromatic hydroxyl groups is 1. The molecule has 190 valence electrons. The Bertz CT molecular complexity index is 1390. The molecule has 0 spiro atoms. The molecular formula is C27H27N5O4S. The summed E-state index contributed by atoms with van der Waals surface area (Å²) >= 11 is 1.26. The fraction of sp³-hybridized carbons (Fsp3) is 0.185. The average molecular weight is 518 g/mol. The molecule has 1 amide bonds. The summed E-state index contributed by atoms with van der Waals surface area (Å²) in [6, 6.07) is 21.9. The van der Waals surface area contributed by atoms with Crippen molar-refractivity contribution in [2.75, 3.05) is 20.0 Å². The van der Waals surface area contributed by atoms with Crippen LogP contribution in [0, 0.1) is 0 Å². The van der Waals surface area contributed by atoms with Gasteiger partial charge in [-0.05, 0) is 66.6 Å². The molecule has 0 saturated carbocycles. The Morgan fingerprint density at radius 1 is 1.00 bits per heavy atom. The highest BCUT2D eigenvalue weighted by Crippen LogP contribution is 2.34. The number of carbonyl (C=O) groups excluding carboxylic acids is 1. The van der Waals surface area contributed by atoms with Gasteiger partial charge in [0.2, 0.25) is 0 Å². The summed E-state index contributed by atoms with van der Waals surface area (Å²) in [4.78, 5) is 12.6. The topological polar surface area (TPSA) is 111 Å². The summed E-state index contributed by atoms with van der Waals surface area (Å²) in [6.07, 6.45) is 0.620. The average Bonchev–Trinajstić information content (AvgIpc) is 3.37. The van der Waals surface area contributed by atoms with Crippen LogP contribution in [0.15, 0.2) is 83.1 Å². The number of hydrogen-bond donors (Lipinski definition) is 2. The number of phenolic OH excluding ortho intramolecular Hbond substituents is 1. The lowest BCUT2D eigenvalue weighted by Gasteiger charge is -2.12. The number of para-hydroxylation sites is 1. The van der Waals surface area contributed by atoms with Crippen LogP contribution in [0.2, 0.25) is 0 Å². The first kappa shape index (κ1) is 25.8. The minimum Gasteiger partial charge on any atom is -0.508 e. The van der Waals surface area contributed by atoms with E-state index in [4.69, 9.17) is 9.47 Å². The predicted octanol–water partition coefficient (Wildman–Crippen LogP) is 4.68. The highest BCUT2D eigenvalue weighted by atomic mass is 32.2. The normalized spacial score (nSPS) is 11.3. The first-order valence-corrected chi connectivity index (χ1v) is 12.5. The van der Waals surface area contributed by atoms with Crippen LogP contribution in [0.5, 0.6) is 17.2 Å². The lowest BCUT2D eigenvalue weighted by atomic mass is 10.1. The van der Waals surface area contributed by atoms with Gasteiger partial charge in [0.05, 0.1) is 25.7 Å². The van der Waals surface area contributed by atoms with Gasteiger partial charge in [0, 0.05) is 11.3 Å². The third-order valence-electron chi connectivity index (χ3n) is 5.47. The monoisotopic (exact) mass is 517 g/mol. The minimum absolute atomic E-state index is 0.0903. The van der Waals surface area contributed by atoms with Crippen molar-refractivity contribution >= 4 is 23.4 Å². The number of aromatic nitrogens is 3. The van der Waals surface area contributed by atoms with Crippen LogP contribution in [0.1, 0.15) is 18.9 Å². The second-order valence-corrected chi connectivity index (χ2v) is 8.77. The molecule has 10 heteroatoms. The van der Waals surface area contributed by atoms with E-state index in [9.17, 15) is 9.90 Å². The first-order chi connectivity index (χ1) is 18.0. The van der Waals surface area contributed by atoms with Gasteiger partial charge >= 0.3 is 0 Å². The Hall–Kier alpha value is -4.31. The van der Waals surface area contributed by atoms with Gasteiger partial charge < -0.3 is 14.6 Å². The molecule has 0 radical (unpaired) electrons. The van der Waals surface area contributed by atoms with Crippen LogP contribution in [0.4, 0.5) is 0 Å². The summed E-state index contributed by atoms with van der Waals surface area (Å²) in [5.41, 5.74) is 5.81. The van der Waals surface area contributed by atoms with Crippen molar-refractivity contribution in [1.82, 2.24) is 20.2 Å². The lowest BCUT2D eigenvalue weighted by Crippen LogP contribution is -2.22. The van der Waals surface area contributed by atoms with Gasteiger partial charge in [0.15, 0.2) is 22.5 Å². The molecule has 0 fully saturated rings. The maximum atomic E-state index is 12.6. The molecule has 2 N–H and O–H groups in total. The molecule has 4 rings (SSSR count). The number of nitrogens with one attached hydrogen (secondary N) is 1. The number of methoxy groups -OCH3 is 2. The predicted molar refractivity (Wildman–Crippen MR) is 144 cm³/mol. The SMILES string of the molecule is CC/C(=N\NC(=O)CSc1nnc(-c2ccc(OC)c(OC)c2)n1-c1ccccc1)c1ccc(O)cc1. The quantitative estimate of drug-likeness (QED) is 0.179. The van der Waals surface area contributed by atoms with Crippen molar-refractivity contribution in [2.24, 2.45) is 5.10 Å². The van der Waals surface area contributed by atoms with Crippen molar-refractivity contribution in [3.05, 3.63) is 78.4 Å².